The maximum atomic E-state index is 12.0. The molecule has 0 N–H and O–H groups in total. The fourth-order valence-corrected chi connectivity index (χ4v) is 1.91. The quantitative estimate of drug-likeness (QED) is 0.666. The second-order valence-corrected chi connectivity index (χ2v) is 4.71. The molecule has 0 aliphatic rings. The Bertz CT molecular complexity index is 264. The van der Waals surface area contributed by atoms with Crippen LogP contribution in [0.2, 0.25) is 0 Å². The number of hydrogen-bond donors (Lipinski definition) is 0. The van der Waals surface area contributed by atoms with Crippen molar-refractivity contribution in [1.29, 1.82) is 0 Å². The van der Waals surface area contributed by atoms with Gasteiger partial charge in [-0.05, 0) is 12.8 Å². The van der Waals surface area contributed by atoms with Crippen molar-refractivity contribution < 1.29 is 4.79 Å². The number of ketones is 1. The van der Waals surface area contributed by atoms with E-state index >= 15 is 0 Å². The highest BCUT2D eigenvalue weighted by Crippen LogP contribution is 2.25. The summed E-state index contributed by atoms with van der Waals surface area (Å²) in [7, 11) is 0. The molecule has 92 valence electrons. The van der Waals surface area contributed by atoms with Gasteiger partial charge in [0.1, 0.15) is 5.78 Å². The Morgan fingerprint density at radius 1 is 1.00 bits per heavy atom. The van der Waals surface area contributed by atoms with Gasteiger partial charge in [0.05, 0.1) is 11.8 Å². The molecule has 0 rings (SSSR count). The zero-order valence-electron chi connectivity index (χ0n) is 10.4. The highest BCUT2D eigenvalue weighted by Gasteiger charge is 2.23. The third kappa shape index (κ3) is 4.71. The van der Waals surface area contributed by atoms with E-state index in [9.17, 15) is 4.79 Å². The van der Waals surface area contributed by atoms with Crippen LogP contribution >= 0.6 is 23.2 Å². The fraction of sp³-hybridized carbons (Fsp3) is 0.615. The number of allylic oxidation sites excluding steroid dienone is 4. The highest BCUT2D eigenvalue weighted by atomic mass is 35.5. The second-order valence-electron chi connectivity index (χ2n) is 3.84. The van der Waals surface area contributed by atoms with E-state index in [0.29, 0.717) is 10.1 Å². The van der Waals surface area contributed by atoms with Gasteiger partial charge in [0.25, 0.3) is 0 Å². The molecular weight excluding hydrogens is 243 g/mol. The third-order valence-corrected chi connectivity index (χ3v) is 3.44. The van der Waals surface area contributed by atoms with Crippen LogP contribution in [0.25, 0.3) is 0 Å². The molecule has 0 aromatic carbocycles. The Kier molecular flexibility index (Phi) is 7.78. The summed E-state index contributed by atoms with van der Waals surface area (Å²) < 4.78 is 0. The zero-order valence-corrected chi connectivity index (χ0v) is 11.9. The fourth-order valence-electron chi connectivity index (χ4n) is 1.39. The van der Waals surface area contributed by atoms with Crippen LogP contribution in [0.5, 0.6) is 0 Å². The summed E-state index contributed by atoms with van der Waals surface area (Å²) in [5.41, 5.74) is 0. The van der Waals surface area contributed by atoms with E-state index in [0.717, 1.165) is 12.8 Å². The lowest BCUT2D eigenvalue weighted by Gasteiger charge is -2.15. The Hall–Kier alpha value is -0.270. The standard InChI is InChI=1S/C13H20Cl2O/c1-5-7-11(14)9(3)13(16)10(4)12(15)8-6-2/h7-10H,5-6H2,1-4H3. The van der Waals surface area contributed by atoms with Crippen LogP contribution in [0.15, 0.2) is 22.2 Å². The molecule has 1 nitrogen and oxygen atoms in total. The first-order valence-electron chi connectivity index (χ1n) is 5.70. The van der Waals surface area contributed by atoms with Gasteiger partial charge in [-0.3, -0.25) is 4.79 Å². The summed E-state index contributed by atoms with van der Waals surface area (Å²) in [6.45, 7) is 7.63. The molecule has 0 aromatic heterocycles. The average molecular weight is 263 g/mol. The minimum absolute atomic E-state index is 0.0735. The van der Waals surface area contributed by atoms with Crippen molar-refractivity contribution in [3.05, 3.63) is 22.2 Å². The third-order valence-electron chi connectivity index (χ3n) is 2.48. The van der Waals surface area contributed by atoms with Crippen LogP contribution in [-0.2, 0) is 4.79 Å². The van der Waals surface area contributed by atoms with Crippen LogP contribution in [-0.4, -0.2) is 5.78 Å². The molecular formula is C13H20Cl2O. The van der Waals surface area contributed by atoms with Crippen LogP contribution in [0.4, 0.5) is 0 Å². The van der Waals surface area contributed by atoms with E-state index < -0.39 is 0 Å². The van der Waals surface area contributed by atoms with E-state index in [2.05, 4.69) is 0 Å². The largest absolute Gasteiger partial charge is 0.298 e. The average Bonchev–Trinajstić information content (AvgIpc) is 2.26. The summed E-state index contributed by atoms with van der Waals surface area (Å²) in [6, 6.07) is 0. The summed E-state index contributed by atoms with van der Waals surface area (Å²) in [5, 5.41) is 1.22. The van der Waals surface area contributed by atoms with Gasteiger partial charge in [0.2, 0.25) is 0 Å². The number of rotatable bonds is 6. The summed E-state index contributed by atoms with van der Waals surface area (Å²) in [6.07, 6.45) is 5.41. The number of carbonyl (C=O) groups excluding carboxylic acids is 1. The molecule has 3 heteroatoms. The first-order chi connectivity index (χ1) is 7.45. The van der Waals surface area contributed by atoms with Crippen LogP contribution in [0.3, 0.4) is 0 Å². The number of hydrogen-bond acceptors (Lipinski definition) is 1. The molecule has 0 aliphatic carbocycles. The Balaban J connectivity index is 4.68. The Morgan fingerprint density at radius 2 is 1.31 bits per heavy atom. The van der Waals surface area contributed by atoms with E-state index in [1.54, 1.807) is 0 Å². The normalized spacial score (nSPS) is 17.1. The van der Waals surface area contributed by atoms with Gasteiger partial charge in [0.15, 0.2) is 0 Å². The van der Waals surface area contributed by atoms with Crippen molar-refractivity contribution in [1.82, 2.24) is 0 Å². The van der Waals surface area contributed by atoms with Crippen LogP contribution in [0, 0.1) is 11.8 Å². The molecule has 0 fully saturated rings. The molecule has 2 unspecified atom stereocenters. The van der Waals surface area contributed by atoms with Gasteiger partial charge in [0, 0.05) is 10.1 Å². The van der Waals surface area contributed by atoms with Gasteiger partial charge >= 0.3 is 0 Å². The molecule has 0 saturated carbocycles. The van der Waals surface area contributed by atoms with Crippen LogP contribution in [0.1, 0.15) is 40.5 Å². The smallest absolute Gasteiger partial charge is 0.148 e. The van der Waals surface area contributed by atoms with E-state index in [-0.39, 0.29) is 17.6 Å². The predicted molar refractivity (Wildman–Crippen MR) is 71.8 cm³/mol. The maximum Gasteiger partial charge on any atom is 0.148 e. The van der Waals surface area contributed by atoms with E-state index in [1.165, 1.54) is 0 Å². The van der Waals surface area contributed by atoms with Crippen molar-refractivity contribution >= 4 is 29.0 Å². The number of halogens is 2. The van der Waals surface area contributed by atoms with Gasteiger partial charge in [-0.25, -0.2) is 0 Å². The van der Waals surface area contributed by atoms with Crippen molar-refractivity contribution in [2.45, 2.75) is 40.5 Å². The van der Waals surface area contributed by atoms with Gasteiger partial charge in [-0.15, -0.1) is 0 Å². The molecule has 2 atom stereocenters. The first kappa shape index (κ1) is 15.7. The van der Waals surface area contributed by atoms with Crippen molar-refractivity contribution in [3.8, 4) is 0 Å². The second kappa shape index (κ2) is 7.92. The molecule has 0 aromatic rings. The van der Waals surface area contributed by atoms with Crippen molar-refractivity contribution in [3.63, 3.8) is 0 Å². The lowest BCUT2D eigenvalue weighted by Crippen LogP contribution is -2.20. The lowest BCUT2D eigenvalue weighted by atomic mass is 9.94. The minimum Gasteiger partial charge on any atom is -0.298 e. The molecule has 0 radical (unpaired) electrons. The number of Topliss-reactive ketones (excluding diaryl/α,β-unsaturated/α-hetero) is 1. The van der Waals surface area contributed by atoms with Gasteiger partial charge < -0.3 is 0 Å². The Morgan fingerprint density at radius 3 is 1.56 bits per heavy atom. The highest BCUT2D eigenvalue weighted by molar-refractivity contribution is 6.33. The zero-order chi connectivity index (χ0) is 12.7. The summed E-state index contributed by atoms with van der Waals surface area (Å²) in [5.74, 6) is -0.462. The summed E-state index contributed by atoms with van der Waals surface area (Å²) in [4.78, 5) is 12.0. The SMILES string of the molecule is CCC=C(Cl)C(C)C(=O)C(C)C(Cl)=CCC. The van der Waals surface area contributed by atoms with Crippen LogP contribution < -0.4 is 0 Å². The molecule has 0 aliphatic heterocycles. The monoisotopic (exact) mass is 262 g/mol. The molecule has 0 bridgehead atoms. The number of carbonyl (C=O) groups is 1. The van der Waals surface area contributed by atoms with E-state index in [1.807, 2.05) is 39.8 Å². The maximum absolute atomic E-state index is 12.0. The molecule has 0 amide bonds. The van der Waals surface area contributed by atoms with Gasteiger partial charge in [-0.2, -0.15) is 0 Å². The topological polar surface area (TPSA) is 17.1 Å². The Labute approximate surface area is 109 Å². The van der Waals surface area contributed by atoms with Crippen molar-refractivity contribution in [2.24, 2.45) is 11.8 Å². The molecule has 0 saturated heterocycles. The molecule has 0 spiro atoms. The summed E-state index contributed by atoms with van der Waals surface area (Å²) >= 11 is 12.1. The minimum atomic E-state index is -0.268. The lowest BCUT2D eigenvalue weighted by molar-refractivity contribution is -0.123. The molecule has 0 heterocycles. The first-order valence-corrected chi connectivity index (χ1v) is 6.46. The molecule has 16 heavy (non-hydrogen) atoms. The van der Waals surface area contributed by atoms with E-state index in [4.69, 9.17) is 23.2 Å². The van der Waals surface area contributed by atoms with Gasteiger partial charge in [-0.1, -0.05) is 63.0 Å². The predicted octanol–water partition coefficient (Wildman–Crippen LogP) is 4.89. The van der Waals surface area contributed by atoms with Crippen molar-refractivity contribution in [2.75, 3.05) is 0 Å².